The van der Waals surface area contributed by atoms with E-state index in [2.05, 4.69) is 41.5 Å². The lowest BCUT2D eigenvalue weighted by molar-refractivity contribution is -0.0816. The zero-order valence-electron chi connectivity index (χ0n) is 24.7. The van der Waals surface area contributed by atoms with Gasteiger partial charge < -0.3 is 4.74 Å². The number of hydrogen-bond acceptors (Lipinski definition) is 2. The lowest BCUT2D eigenvalue weighted by atomic mass is 9.48. The average molecular weight is 507 g/mol. The molecule has 5 rings (SSSR count). The second-order valence-corrected chi connectivity index (χ2v) is 15.2. The number of fused-ring (bicyclic) bond motifs is 5. The summed E-state index contributed by atoms with van der Waals surface area (Å²) in [5.41, 5.74) is 1.77. The fraction of sp³-hybridized carbons (Fsp3) is 0.800. The van der Waals surface area contributed by atoms with Crippen molar-refractivity contribution >= 4 is 5.97 Å². The van der Waals surface area contributed by atoms with Crippen molar-refractivity contribution in [2.45, 2.75) is 118 Å². The largest absolute Gasteiger partial charge is 0.459 e. The lowest BCUT2D eigenvalue weighted by Gasteiger charge is -2.57. The molecule has 4 saturated carbocycles. The highest BCUT2D eigenvalue weighted by Crippen LogP contribution is 2.66. The molecular weight excluding hydrogens is 452 g/mol. The zero-order valence-corrected chi connectivity index (χ0v) is 24.7. The maximum Gasteiger partial charge on any atom is 0.338 e. The molecule has 206 valence electrons. The molecule has 2 heteroatoms. The van der Waals surface area contributed by atoms with E-state index in [1.165, 1.54) is 64.2 Å². The minimum atomic E-state index is -0.167. The Morgan fingerprint density at radius 2 is 1.59 bits per heavy atom. The second-order valence-electron chi connectivity index (χ2n) is 15.2. The number of carbonyl (C=O) groups excluding carboxylic acids is 1. The van der Waals surface area contributed by atoms with E-state index in [0.717, 1.165) is 41.9 Å². The van der Waals surface area contributed by atoms with Crippen molar-refractivity contribution in [1.82, 2.24) is 0 Å². The standard InChI is InChI=1S/C35H54O2/c1-23(2)32(37-33(36)25-10-8-7-9-11-25)17-12-24(3)30-15-16-31-29-14-13-26-22-34(4,5)20-18-27(26)28(29)19-21-35(30,31)6/h7-11,23-24,26-32H,12-22H2,1-6H3/t24-,26+,27+,28-,29-,30-,31+,32-,35-/m1/s1. The fourth-order valence-electron chi connectivity index (χ4n) is 10.2. The van der Waals surface area contributed by atoms with Gasteiger partial charge in [-0.3, -0.25) is 0 Å². The van der Waals surface area contributed by atoms with Crippen molar-refractivity contribution < 1.29 is 9.53 Å². The third kappa shape index (κ3) is 5.42. The molecule has 0 aromatic heterocycles. The van der Waals surface area contributed by atoms with Crippen LogP contribution in [0.5, 0.6) is 0 Å². The van der Waals surface area contributed by atoms with Crippen LogP contribution < -0.4 is 0 Å². The maximum atomic E-state index is 12.7. The Kier molecular flexibility index (Phi) is 7.88. The first kappa shape index (κ1) is 27.3. The summed E-state index contributed by atoms with van der Waals surface area (Å²) in [7, 11) is 0. The number of rotatable bonds is 7. The van der Waals surface area contributed by atoms with Gasteiger partial charge in [0.05, 0.1) is 5.56 Å². The van der Waals surface area contributed by atoms with Gasteiger partial charge in [-0.05, 0) is 141 Å². The van der Waals surface area contributed by atoms with E-state index in [1.54, 1.807) is 0 Å². The van der Waals surface area contributed by atoms with Gasteiger partial charge in [0.1, 0.15) is 6.10 Å². The molecule has 0 heterocycles. The molecular formula is C35H54O2. The summed E-state index contributed by atoms with van der Waals surface area (Å²) in [5.74, 6) is 6.72. The predicted molar refractivity (Wildman–Crippen MR) is 153 cm³/mol. The number of benzene rings is 1. The highest BCUT2D eigenvalue weighted by Gasteiger charge is 2.57. The Bertz CT molecular complexity index is 918. The summed E-state index contributed by atoms with van der Waals surface area (Å²) >= 11 is 0. The summed E-state index contributed by atoms with van der Waals surface area (Å²) in [6.07, 6.45) is 15.4. The van der Waals surface area contributed by atoms with Crippen LogP contribution in [0.4, 0.5) is 0 Å². The quantitative estimate of drug-likeness (QED) is 0.344. The smallest absolute Gasteiger partial charge is 0.338 e. The molecule has 0 aliphatic heterocycles. The Hall–Kier alpha value is -1.31. The molecule has 0 amide bonds. The Morgan fingerprint density at radius 1 is 0.865 bits per heavy atom. The van der Waals surface area contributed by atoms with Crippen LogP contribution in [-0.2, 0) is 4.74 Å². The van der Waals surface area contributed by atoms with Crippen LogP contribution in [0, 0.1) is 58.2 Å². The molecule has 1 aromatic rings. The number of esters is 1. The monoisotopic (exact) mass is 506 g/mol. The number of hydrogen-bond donors (Lipinski definition) is 0. The summed E-state index contributed by atoms with van der Waals surface area (Å²) < 4.78 is 6.04. The summed E-state index contributed by atoms with van der Waals surface area (Å²) in [5, 5.41) is 0. The molecule has 0 bridgehead atoms. The summed E-state index contributed by atoms with van der Waals surface area (Å²) in [6.45, 7) is 14.6. The third-order valence-corrected chi connectivity index (χ3v) is 12.2. The van der Waals surface area contributed by atoms with Crippen LogP contribution in [0.15, 0.2) is 30.3 Å². The highest BCUT2D eigenvalue weighted by atomic mass is 16.5. The molecule has 1 aromatic carbocycles. The molecule has 37 heavy (non-hydrogen) atoms. The first-order valence-electron chi connectivity index (χ1n) is 15.8. The van der Waals surface area contributed by atoms with Gasteiger partial charge >= 0.3 is 5.97 Å². The Labute approximate surface area is 227 Å². The summed E-state index contributed by atoms with van der Waals surface area (Å²) in [6, 6.07) is 9.50. The number of ether oxygens (including phenoxy) is 1. The predicted octanol–water partition coefficient (Wildman–Crippen LogP) is 9.58. The van der Waals surface area contributed by atoms with Crippen molar-refractivity contribution in [2.75, 3.05) is 0 Å². The molecule has 0 radical (unpaired) electrons. The van der Waals surface area contributed by atoms with E-state index in [-0.39, 0.29) is 12.1 Å². The van der Waals surface area contributed by atoms with Crippen LogP contribution in [0.2, 0.25) is 0 Å². The molecule has 0 saturated heterocycles. The van der Waals surface area contributed by atoms with Gasteiger partial charge in [0.15, 0.2) is 0 Å². The maximum absolute atomic E-state index is 12.7. The van der Waals surface area contributed by atoms with E-state index in [4.69, 9.17) is 4.74 Å². The van der Waals surface area contributed by atoms with Crippen LogP contribution in [0.1, 0.15) is 123 Å². The minimum Gasteiger partial charge on any atom is -0.459 e. The Morgan fingerprint density at radius 3 is 2.32 bits per heavy atom. The van der Waals surface area contributed by atoms with Gasteiger partial charge in [-0.1, -0.05) is 59.7 Å². The van der Waals surface area contributed by atoms with E-state index < -0.39 is 0 Å². The normalized spacial score (nSPS) is 38.2. The molecule has 4 fully saturated rings. The molecule has 0 N–H and O–H groups in total. The SMILES string of the molecule is CC(C)[C@@H](CC[C@@H](C)[C@H]1CC[C@H]2[C@@H]3CC[C@H]4CC(C)(C)CC[C@@H]4[C@H]3CC[C@]12C)OC(=O)c1ccccc1. The van der Waals surface area contributed by atoms with Gasteiger partial charge in [0.25, 0.3) is 0 Å². The van der Waals surface area contributed by atoms with Crippen LogP contribution >= 0.6 is 0 Å². The second kappa shape index (κ2) is 10.7. The molecule has 2 nitrogen and oxygen atoms in total. The first-order valence-corrected chi connectivity index (χ1v) is 15.8. The van der Waals surface area contributed by atoms with Gasteiger partial charge in [0, 0.05) is 0 Å². The van der Waals surface area contributed by atoms with Gasteiger partial charge in [0.2, 0.25) is 0 Å². The van der Waals surface area contributed by atoms with Crippen molar-refractivity contribution in [3.8, 4) is 0 Å². The summed E-state index contributed by atoms with van der Waals surface area (Å²) in [4.78, 5) is 12.7. The van der Waals surface area contributed by atoms with Crippen molar-refractivity contribution in [2.24, 2.45) is 58.2 Å². The molecule has 9 atom stereocenters. The zero-order chi connectivity index (χ0) is 26.4. The van der Waals surface area contributed by atoms with Crippen LogP contribution in [0.3, 0.4) is 0 Å². The lowest BCUT2D eigenvalue weighted by Crippen LogP contribution is -2.49. The minimum absolute atomic E-state index is 0.00160. The highest BCUT2D eigenvalue weighted by molar-refractivity contribution is 5.89. The third-order valence-electron chi connectivity index (χ3n) is 12.2. The van der Waals surface area contributed by atoms with E-state index in [1.807, 2.05) is 30.3 Å². The van der Waals surface area contributed by atoms with Crippen molar-refractivity contribution in [1.29, 1.82) is 0 Å². The Balaban J connectivity index is 1.20. The van der Waals surface area contributed by atoms with E-state index in [9.17, 15) is 4.79 Å². The molecule has 0 spiro atoms. The topological polar surface area (TPSA) is 26.3 Å². The fourth-order valence-corrected chi connectivity index (χ4v) is 10.2. The first-order chi connectivity index (χ1) is 17.6. The van der Waals surface area contributed by atoms with Crippen LogP contribution in [0.25, 0.3) is 0 Å². The van der Waals surface area contributed by atoms with Crippen molar-refractivity contribution in [3.05, 3.63) is 35.9 Å². The van der Waals surface area contributed by atoms with Gasteiger partial charge in [-0.15, -0.1) is 0 Å². The van der Waals surface area contributed by atoms with E-state index in [0.29, 0.717) is 28.2 Å². The van der Waals surface area contributed by atoms with Gasteiger partial charge in [-0.25, -0.2) is 4.79 Å². The molecule has 4 aliphatic carbocycles. The number of carbonyl (C=O) groups is 1. The van der Waals surface area contributed by atoms with Crippen LogP contribution in [-0.4, -0.2) is 12.1 Å². The molecule has 4 aliphatic rings. The van der Waals surface area contributed by atoms with Crippen molar-refractivity contribution in [3.63, 3.8) is 0 Å². The average Bonchev–Trinajstić information content (AvgIpc) is 3.23. The van der Waals surface area contributed by atoms with E-state index >= 15 is 0 Å². The molecule has 0 unspecified atom stereocenters. The van der Waals surface area contributed by atoms with Gasteiger partial charge in [-0.2, -0.15) is 0 Å².